The molecule has 1 saturated carbocycles. The molecule has 0 aromatic carbocycles. The molecule has 0 bridgehead atoms. The summed E-state index contributed by atoms with van der Waals surface area (Å²) in [5.74, 6) is 0.695. The van der Waals surface area contributed by atoms with E-state index in [4.69, 9.17) is 5.73 Å². The fourth-order valence-electron chi connectivity index (χ4n) is 1.73. The Morgan fingerprint density at radius 1 is 1.67 bits per heavy atom. The van der Waals surface area contributed by atoms with E-state index in [9.17, 15) is 0 Å². The van der Waals surface area contributed by atoms with E-state index in [1.165, 1.54) is 25.0 Å². The van der Waals surface area contributed by atoms with Gasteiger partial charge in [0.2, 0.25) is 0 Å². The Hall–Kier alpha value is -0.830. The number of aromatic nitrogens is 2. The van der Waals surface area contributed by atoms with Crippen LogP contribution in [-0.4, -0.2) is 9.55 Å². The van der Waals surface area contributed by atoms with Crippen molar-refractivity contribution in [1.82, 2.24) is 9.55 Å². The van der Waals surface area contributed by atoms with Gasteiger partial charge in [-0.1, -0.05) is 6.42 Å². The topological polar surface area (TPSA) is 43.8 Å². The Balaban J connectivity index is 2.13. The Morgan fingerprint density at radius 3 is 2.83 bits per heavy atom. The van der Waals surface area contributed by atoms with Crippen LogP contribution in [0.15, 0.2) is 12.5 Å². The molecule has 12 heavy (non-hydrogen) atoms. The Labute approximate surface area is 72.6 Å². The summed E-state index contributed by atoms with van der Waals surface area (Å²) >= 11 is 0. The maximum Gasteiger partial charge on any atom is 0.0946 e. The molecular formula is C9H15N3. The molecule has 1 unspecified atom stereocenters. The summed E-state index contributed by atoms with van der Waals surface area (Å²) in [5, 5.41) is 0. The molecule has 0 radical (unpaired) electrons. The van der Waals surface area contributed by atoms with Crippen molar-refractivity contribution in [3.63, 3.8) is 0 Å². The van der Waals surface area contributed by atoms with Gasteiger partial charge in [-0.2, -0.15) is 0 Å². The second-order valence-electron chi connectivity index (χ2n) is 3.65. The van der Waals surface area contributed by atoms with E-state index in [2.05, 4.69) is 4.98 Å². The van der Waals surface area contributed by atoms with Gasteiger partial charge < -0.3 is 10.3 Å². The molecule has 1 fully saturated rings. The summed E-state index contributed by atoms with van der Waals surface area (Å²) < 4.78 is 2.02. The summed E-state index contributed by atoms with van der Waals surface area (Å²) in [6, 6.07) is 0.200. The van der Waals surface area contributed by atoms with Gasteiger partial charge in [-0.25, -0.2) is 4.98 Å². The molecule has 2 N–H and O–H groups in total. The first kappa shape index (κ1) is 7.80. The molecule has 0 amide bonds. The van der Waals surface area contributed by atoms with Crippen LogP contribution in [0.2, 0.25) is 0 Å². The quantitative estimate of drug-likeness (QED) is 0.716. The molecule has 0 aliphatic heterocycles. The largest absolute Gasteiger partial charge is 0.336 e. The highest BCUT2D eigenvalue weighted by molar-refractivity contribution is 5.06. The highest BCUT2D eigenvalue weighted by Gasteiger charge is 2.26. The van der Waals surface area contributed by atoms with E-state index >= 15 is 0 Å². The minimum atomic E-state index is 0.200. The summed E-state index contributed by atoms with van der Waals surface area (Å²) in [6.07, 6.45) is 7.60. The number of nitrogens with zero attached hydrogens (tertiary/aromatic N) is 2. The summed E-state index contributed by atoms with van der Waals surface area (Å²) in [4.78, 5) is 4.07. The van der Waals surface area contributed by atoms with Crippen molar-refractivity contribution < 1.29 is 0 Å². The Bertz CT molecular complexity index is 262. The number of hydrogen-bond acceptors (Lipinski definition) is 2. The van der Waals surface area contributed by atoms with Crippen molar-refractivity contribution >= 4 is 0 Å². The van der Waals surface area contributed by atoms with E-state index in [0.29, 0.717) is 5.92 Å². The van der Waals surface area contributed by atoms with Gasteiger partial charge in [0.25, 0.3) is 0 Å². The molecule has 3 nitrogen and oxygen atoms in total. The molecule has 0 spiro atoms. The molecule has 1 aliphatic rings. The maximum absolute atomic E-state index is 6.08. The maximum atomic E-state index is 6.08. The van der Waals surface area contributed by atoms with Gasteiger partial charge in [0.05, 0.1) is 12.0 Å². The van der Waals surface area contributed by atoms with Crippen molar-refractivity contribution in [2.45, 2.75) is 25.3 Å². The fourth-order valence-corrected chi connectivity index (χ4v) is 1.73. The standard InChI is InChI=1S/C9H15N3/c1-12-6-11-5-8(12)9(10)7-3-2-4-7/h5-7,9H,2-4,10H2,1H3. The smallest absolute Gasteiger partial charge is 0.0946 e. The lowest BCUT2D eigenvalue weighted by Gasteiger charge is -2.31. The summed E-state index contributed by atoms with van der Waals surface area (Å²) in [7, 11) is 2.00. The molecule has 1 atom stereocenters. The minimum Gasteiger partial charge on any atom is -0.336 e. The molecule has 1 aromatic rings. The molecular weight excluding hydrogens is 150 g/mol. The SMILES string of the molecule is Cn1cncc1C(N)C1CCC1. The second-order valence-corrected chi connectivity index (χ2v) is 3.65. The monoisotopic (exact) mass is 165 g/mol. The third-order valence-electron chi connectivity index (χ3n) is 2.85. The van der Waals surface area contributed by atoms with Crippen LogP contribution in [0, 0.1) is 5.92 Å². The molecule has 1 heterocycles. The van der Waals surface area contributed by atoms with Gasteiger partial charge in [0.1, 0.15) is 0 Å². The predicted molar refractivity (Wildman–Crippen MR) is 47.5 cm³/mol. The number of rotatable bonds is 2. The lowest BCUT2D eigenvalue weighted by Crippen LogP contribution is -2.28. The van der Waals surface area contributed by atoms with Crippen molar-refractivity contribution in [1.29, 1.82) is 0 Å². The van der Waals surface area contributed by atoms with Gasteiger partial charge in [0, 0.05) is 19.3 Å². The number of nitrogens with two attached hydrogens (primary N) is 1. The van der Waals surface area contributed by atoms with Gasteiger partial charge in [-0.05, 0) is 18.8 Å². The molecule has 1 aromatic heterocycles. The second kappa shape index (κ2) is 2.90. The predicted octanol–water partition coefficient (Wildman–Crippen LogP) is 1.22. The molecule has 2 rings (SSSR count). The lowest BCUT2D eigenvalue weighted by molar-refractivity contribution is 0.258. The normalized spacial score (nSPS) is 20.5. The van der Waals surface area contributed by atoms with Gasteiger partial charge in [-0.3, -0.25) is 0 Å². The number of hydrogen-bond donors (Lipinski definition) is 1. The fraction of sp³-hybridized carbons (Fsp3) is 0.667. The van der Waals surface area contributed by atoms with Crippen LogP contribution in [0.4, 0.5) is 0 Å². The van der Waals surface area contributed by atoms with E-state index in [0.717, 1.165) is 0 Å². The van der Waals surface area contributed by atoms with Crippen LogP contribution in [-0.2, 0) is 7.05 Å². The van der Waals surface area contributed by atoms with Crippen LogP contribution >= 0.6 is 0 Å². The van der Waals surface area contributed by atoms with Crippen LogP contribution in [0.5, 0.6) is 0 Å². The van der Waals surface area contributed by atoms with E-state index in [1.54, 1.807) is 0 Å². The summed E-state index contributed by atoms with van der Waals surface area (Å²) in [5.41, 5.74) is 7.25. The zero-order chi connectivity index (χ0) is 8.55. The van der Waals surface area contributed by atoms with Crippen LogP contribution in [0.3, 0.4) is 0 Å². The average Bonchev–Trinajstić information content (AvgIpc) is 2.31. The highest BCUT2D eigenvalue weighted by Crippen LogP contribution is 2.35. The minimum absolute atomic E-state index is 0.200. The van der Waals surface area contributed by atoms with Gasteiger partial charge in [0.15, 0.2) is 0 Å². The van der Waals surface area contributed by atoms with Crippen molar-refractivity contribution in [2.24, 2.45) is 18.7 Å². The Kier molecular flexibility index (Phi) is 1.89. The molecule has 66 valence electrons. The first-order valence-corrected chi connectivity index (χ1v) is 4.51. The first-order chi connectivity index (χ1) is 5.79. The molecule has 3 heteroatoms. The van der Waals surface area contributed by atoms with Gasteiger partial charge >= 0.3 is 0 Å². The van der Waals surface area contributed by atoms with Crippen molar-refractivity contribution in [3.05, 3.63) is 18.2 Å². The average molecular weight is 165 g/mol. The van der Waals surface area contributed by atoms with E-state index in [-0.39, 0.29) is 6.04 Å². The Morgan fingerprint density at radius 2 is 2.42 bits per heavy atom. The lowest BCUT2D eigenvalue weighted by atomic mass is 9.79. The summed E-state index contributed by atoms with van der Waals surface area (Å²) in [6.45, 7) is 0. The van der Waals surface area contributed by atoms with Crippen LogP contribution in [0.25, 0.3) is 0 Å². The van der Waals surface area contributed by atoms with Crippen molar-refractivity contribution in [3.8, 4) is 0 Å². The molecule has 1 aliphatic carbocycles. The zero-order valence-corrected chi connectivity index (χ0v) is 7.40. The van der Waals surface area contributed by atoms with E-state index < -0.39 is 0 Å². The van der Waals surface area contributed by atoms with E-state index in [1.807, 2.05) is 24.1 Å². The van der Waals surface area contributed by atoms with Gasteiger partial charge in [-0.15, -0.1) is 0 Å². The van der Waals surface area contributed by atoms with Crippen LogP contribution < -0.4 is 5.73 Å². The highest BCUT2D eigenvalue weighted by atomic mass is 15.0. The van der Waals surface area contributed by atoms with Crippen LogP contribution in [0.1, 0.15) is 31.0 Å². The van der Waals surface area contributed by atoms with Crippen molar-refractivity contribution in [2.75, 3.05) is 0 Å². The third-order valence-corrected chi connectivity index (χ3v) is 2.85. The first-order valence-electron chi connectivity index (χ1n) is 4.51. The zero-order valence-electron chi connectivity index (χ0n) is 7.40. The third kappa shape index (κ3) is 1.14. The number of aryl methyl sites for hydroxylation is 1. The molecule has 0 saturated heterocycles. The number of imidazole rings is 1.